The maximum atomic E-state index is 10.5. The minimum Gasteiger partial charge on any atom is -0.368 e. The van der Waals surface area contributed by atoms with Crippen molar-refractivity contribution in [1.82, 2.24) is 15.0 Å². The first kappa shape index (κ1) is 10.9. The van der Waals surface area contributed by atoms with Gasteiger partial charge in [-0.05, 0) is 19.1 Å². The van der Waals surface area contributed by atoms with Crippen LogP contribution in [0.5, 0.6) is 0 Å². The number of nitro benzene ring substituents is 1. The van der Waals surface area contributed by atoms with Gasteiger partial charge in [-0.1, -0.05) is 0 Å². The van der Waals surface area contributed by atoms with Crippen LogP contribution in [-0.2, 0) is 0 Å². The van der Waals surface area contributed by atoms with E-state index in [1.165, 1.54) is 12.1 Å². The van der Waals surface area contributed by atoms with Crippen LogP contribution in [-0.4, -0.2) is 19.9 Å². The zero-order valence-electron chi connectivity index (χ0n) is 8.99. The highest BCUT2D eigenvalue weighted by Crippen LogP contribution is 2.19. The van der Waals surface area contributed by atoms with Crippen LogP contribution in [0.3, 0.4) is 0 Å². The molecular weight excluding hydrogens is 222 g/mol. The quantitative estimate of drug-likeness (QED) is 0.617. The number of nitro groups is 1. The van der Waals surface area contributed by atoms with E-state index < -0.39 is 4.92 Å². The summed E-state index contributed by atoms with van der Waals surface area (Å²) in [5.74, 6) is 1.04. The van der Waals surface area contributed by atoms with Crippen LogP contribution in [0.15, 0.2) is 24.3 Å². The Hall–Kier alpha value is -2.57. The summed E-state index contributed by atoms with van der Waals surface area (Å²) in [5.41, 5.74) is 6.19. The Bertz CT molecular complexity index is 547. The lowest BCUT2D eigenvalue weighted by Gasteiger charge is -2.01. The van der Waals surface area contributed by atoms with Gasteiger partial charge in [-0.25, -0.2) is 4.98 Å². The van der Waals surface area contributed by atoms with E-state index in [0.29, 0.717) is 17.2 Å². The summed E-state index contributed by atoms with van der Waals surface area (Å²) in [6, 6.07) is 5.94. The van der Waals surface area contributed by atoms with Crippen LogP contribution >= 0.6 is 0 Å². The van der Waals surface area contributed by atoms with Crippen molar-refractivity contribution in [3.05, 3.63) is 40.2 Å². The normalized spacial score (nSPS) is 10.2. The summed E-state index contributed by atoms with van der Waals surface area (Å²) < 4.78 is 0. The van der Waals surface area contributed by atoms with E-state index in [1.54, 1.807) is 19.1 Å². The molecule has 0 saturated carbocycles. The summed E-state index contributed by atoms with van der Waals surface area (Å²) in [6.07, 6.45) is 0. The number of hydrogen-bond acceptors (Lipinski definition) is 6. The van der Waals surface area contributed by atoms with Gasteiger partial charge in [0.15, 0.2) is 5.82 Å². The zero-order chi connectivity index (χ0) is 12.4. The molecule has 2 rings (SSSR count). The fraction of sp³-hybridized carbons (Fsp3) is 0.100. The van der Waals surface area contributed by atoms with E-state index in [-0.39, 0.29) is 11.6 Å². The molecule has 0 atom stereocenters. The third-order valence-corrected chi connectivity index (χ3v) is 2.10. The van der Waals surface area contributed by atoms with Crippen molar-refractivity contribution in [3.8, 4) is 11.4 Å². The summed E-state index contributed by atoms with van der Waals surface area (Å²) in [7, 11) is 0. The van der Waals surface area contributed by atoms with Gasteiger partial charge in [0, 0.05) is 17.7 Å². The van der Waals surface area contributed by atoms with Crippen molar-refractivity contribution < 1.29 is 4.92 Å². The average molecular weight is 231 g/mol. The molecule has 7 nitrogen and oxygen atoms in total. The summed E-state index contributed by atoms with van der Waals surface area (Å²) >= 11 is 0. The standard InChI is InChI=1S/C10H9N5O2/c1-6-12-9(14-10(11)13-6)7-2-4-8(5-3-7)15(16)17/h2-5H,1H3,(H2,11,12,13,14). The van der Waals surface area contributed by atoms with Crippen LogP contribution in [0.2, 0.25) is 0 Å². The monoisotopic (exact) mass is 231 g/mol. The Kier molecular flexibility index (Phi) is 2.65. The predicted octanol–water partition coefficient (Wildman–Crippen LogP) is 1.34. The van der Waals surface area contributed by atoms with Crippen molar-refractivity contribution >= 4 is 11.6 Å². The van der Waals surface area contributed by atoms with E-state index >= 15 is 0 Å². The second kappa shape index (κ2) is 4.12. The maximum absolute atomic E-state index is 10.5. The van der Waals surface area contributed by atoms with E-state index in [4.69, 9.17) is 5.73 Å². The number of anilines is 1. The molecule has 0 radical (unpaired) electrons. The molecule has 86 valence electrons. The molecule has 0 bridgehead atoms. The molecule has 0 fully saturated rings. The summed E-state index contributed by atoms with van der Waals surface area (Å²) in [6.45, 7) is 1.70. The first-order valence-corrected chi connectivity index (χ1v) is 4.79. The number of benzene rings is 1. The Labute approximate surface area is 96.5 Å². The minimum absolute atomic E-state index is 0.0208. The van der Waals surface area contributed by atoms with E-state index in [9.17, 15) is 10.1 Å². The lowest BCUT2D eigenvalue weighted by atomic mass is 10.2. The van der Waals surface area contributed by atoms with Gasteiger partial charge in [0.25, 0.3) is 5.69 Å². The van der Waals surface area contributed by atoms with Gasteiger partial charge in [0.1, 0.15) is 5.82 Å². The molecule has 1 aromatic carbocycles. The van der Waals surface area contributed by atoms with Crippen molar-refractivity contribution in [3.63, 3.8) is 0 Å². The number of nitrogen functional groups attached to an aromatic ring is 1. The molecule has 0 aliphatic carbocycles. The molecule has 2 N–H and O–H groups in total. The highest BCUT2D eigenvalue weighted by molar-refractivity contribution is 5.57. The van der Waals surface area contributed by atoms with E-state index in [0.717, 1.165) is 0 Å². The Morgan fingerprint density at radius 1 is 1.18 bits per heavy atom. The molecule has 0 spiro atoms. The second-order valence-corrected chi connectivity index (χ2v) is 3.37. The molecule has 1 aromatic heterocycles. The van der Waals surface area contributed by atoms with Crippen LogP contribution in [0, 0.1) is 17.0 Å². The molecule has 1 heterocycles. The van der Waals surface area contributed by atoms with Gasteiger partial charge in [0.05, 0.1) is 4.92 Å². The second-order valence-electron chi connectivity index (χ2n) is 3.37. The first-order valence-electron chi connectivity index (χ1n) is 4.79. The van der Waals surface area contributed by atoms with Gasteiger partial charge < -0.3 is 5.73 Å². The van der Waals surface area contributed by atoms with Gasteiger partial charge in [-0.3, -0.25) is 10.1 Å². The fourth-order valence-corrected chi connectivity index (χ4v) is 1.36. The molecule has 0 aliphatic rings. The molecule has 0 unspecified atom stereocenters. The van der Waals surface area contributed by atoms with E-state index in [1.807, 2.05) is 0 Å². The van der Waals surface area contributed by atoms with Crippen molar-refractivity contribution in [2.45, 2.75) is 6.92 Å². The minimum atomic E-state index is -0.462. The zero-order valence-corrected chi connectivity index (χ0v) is 8.99. The average Bonchev–Trinajstić information content (AvgIpc) is 2.28. The van der Waals surface area contributed by atoms with Crippen LogP contribution in [0.1, 0.15) is 5.82 Å². The molecule has 17 heavy (non-hydrogen) atoms. The Balaban J connectivity index is 2.43. The number of rotatable bonds is 2. The van der Waals surface area contributed by atoms with Crippen LogP contribution in [0.25, 0.3) is 11.4 Å². The summed E-state index contributed by atoms with van der Waals surface area (Å²) in [5, 5.41) is 10.5. The lowest BCUT2D eigenvalue weighted by molar-refractivity contribution is -0.384. The third-order valence-electron chi connectivity index (χ3n) is 2.10. The molecule has 2 aromatic rings. The Morgan fingerprint density at radius 3 is 2.35 bits per heavy atom. The molecule has 0 saturated heterocycles. The number of aryl methyl sites for hydroxylation is 1. The SMILES string of the molecule is Cc1nc(N)nc(-c2ccc([N+](=O)[O-])cc2)n1. The van der Waals surface area contributed by atoms with Gasteiger partial charge in [-0.2, -0.15) is 9.97 Å². The molecule has 0 amide bonds. The number of nitrogens with zero attached hydrogens (tertiary/aromatic N) is 4. The number of nitrogens with two attached hydrogens (primary N) is 1. The highest BCUT2D eigenvalue weighted by atomic mass is 16.6. The largest absolute Gasteiger partial charge is 0.368 e. The van der Waals surface area contributed by atoms with Gasteiger partial charge in [0.2, 0.25) is 5.95 Å². The number of hydrogen-bond donors (Lipinski definition) is 1. The predicted molar refractivity (Wildman–Crippen MR) is 61.1 cm³/mol. The van der Waals surface area contributed by atoms with Crippen LogP contribution < -0.4 is 5.73 Å². The van der Waals surface area contributed by atoms with Gasteiger partial charge in [-0.15, -0.1) is 0 Å². The topological polar surface area (TPSA) is 108 Å². The molecule has 0 aliphatic heterocycles. The summed E-state index contributed by atoms with van der Waals surface area (Å²) in [4.78, 5) is 22.0. The van der Waals surface area contributed by atoms with Crippen LogP contribution in [0.4, 0.5) is 11.6 Å². The third kappa shape index (κ3) is 2.33. The van der Waals surface area contributed by atoms with Crippen molar-refractivity contribution in [2.24, 2.45) is 0 Å². The smallest absolute Gasteiger partial charge is 0.269 e. The molecule has 7 heteroatoms. The highest BCUT2D eigenvalue weighted by Gasteiger charge is 2.08. The van der Waals surface area contributed by atoms with Gasteiger partial charge >= 0.3 is 0 Å². The number of aromatic nitrogens is 3. The fourth-order valence-electron chi connectivity index (χ4n) is 1.36. The molecular formula is C10H9N5O2. The van der Waals surface area contributed by atoms with Crippen molar-refractivity contribution in [1.29, 1.82) is 0 Å². The van der Waals surface area contributed by atoms with E-state index in [2.05, 4.69) is 15.0 Å². The lowest BCUT2D eigenvalue weighted by Crippen LogP contribution is -2.01. The first-order chi connectivity index (χ1) is 8.06. The number of non-ortho nitro benzene ring substituents is 1. The Morgan fingerprint density at radius 2 is 1.82 bits per heavy atom. The maximum Gasteiger partial charge on any atom is 0.269 e. The van der Waals surface area contributed by atoms with Crippen molar-refractivity contribution in [2.75, 3.05) is 5.73 Å².